The molecule has 0 atom stereocenters. The molecular weight excluding hydrogens is 314 g/mol. The van der Waals surface area contributed by atoms with Crippen LogP contribution in [-0.4, -0.2) is 19.9 Å². The molecule has 2 heterocycles. The highest BCUT2D eigenvalue weighted by molar-refractivity contribution is 7.89. The summed E-state index contributed by atoms with van der Waals surface area (Å²) in [7, 11) is -3.47. The van der Waals surface area contributed by atoms with Gasteiger partial charge < -0.3 is 5.32 Å². The average molecular weight is 331 g/mol. The zero-order valence-corrected chi connectivity index (χ0v) is 13.8. The summed E-state index contributed by atoms with van der Waals surface area (Å²) in [5.41, 5.74) is 0. The second-order valence-corrected chi connectivity index (χ2v) is 8.21. The summed E-state index contributed by atoms with van der Waals surface area (Å²) in [6.07, 6.45) is 1.70. The van der Waals surface area contributed by atoms with E-state index >= 15 is 0 Å². The number of aromatic nitrogens is 1. The summed E-state index contributed by atoms with van der Waals surface area (Å²) in [5.74, 6) is 0. The molecule has 2 aromatic rings. The van der Waals surface area contributed by atoms with Crippen LogP contribution < -0.4 is 10.0 Å². The van der Waals surface area contributed by atoms with E-state index in [9.17, 15) is 8.42 Å². The van der Waals surface area contributed by atoms with E-state index in [0.29, 0.717) is 11.4 Å². The molecule has 0 spiro atoms. The van der Waals surface area contributed by atoms with Gasteiger partial charge in [0, 0.05) is 29.0 Å². The number of hydrogen-bond donors (Lipinski definition) is 2. The first-order valence-corrected chi connectivity index (χ1v) is 9.39. The summed E-state index contributed by atoms with van der Waals surface area (Å²) in [6.45, 7) is 5.56. The highest BCUT2D eigenvalue weighted by Crippen LogP contribution is 2.22. The maximum Gasteiger partial charge on any atom is 0.242 e. The molecule has 0 fully saturated rings. The predicted molar refractivity (Wildman–Crippen MR) is 82.6 cm³/mol. The van der Waals surface area contributed by atoms with Crippen LogP contribution in [0.1, 0.15) is 21.7 Å². The molecule has 0 aliphatic heterocycles. The van der Waals surface area contributed by atoms with Crippen LogP contribution in [0.3, 0.4) is 0 Å². The Bertz CT molecular complexity index is 661. The second kappa shape index (κ2) is 6.77. The smallest absolute Gasteiger partial charge is 0.242 e. The highest BCUT2D eigenvalue weighted by atomic mass is 32.2. The summed E-state index contributed by atoms with van der Waals surface area (Å²) in [5, 5.41) is 5.89. The zero-order valence-electron chi connectivity index (χ0n) is 11.3. The van der Waals surface area contributed by atoms with E-state index < -0.39 is 10.0 Å². The molecule has 20 heavy (non-hydrogen) atoms. The molecule has 0 aliphatic rings. The Morgan fingerprint density at radius 2 is 2.15 bits per heavy atom. The minimum absolute atomic E-state index is 0.282. The lowest BCUT2D eigenvalue weighted by Crippen LogP contribution is -2.24. The van der Waals surface area contributed by atoms with Gasteiger partial charge in [0.15, 0.2) is 0 Å². The van der Waals surface area contributed by atoms with Crippen LogP contribution in [0.2, 0.25) is 0 Å². The molecule has 0 bridgehead atoms. The Morgan fingerprint density at radius 1 is 1.35 bits per heavy atom. The van der Waals surface area contributed by atoms with Crippen LogP contribution in [0.25, 0.3) is 0 Å². The second-order valence-electron chi connectivity index (χ2n) is 4.16. The van der Waals surface area contributed by atoms with E-state index in [2.05, 4.69) is 15.0 Å². The molecule has 2 rings (SSSR count). The monoisotopic (exact) mass is 331 g/mol. The summed E-state index contributed by atoms with van der Waals surface area (Å²) >= 11 is 2.95. The van der Waals surface area contributed by atoms with Gasteiger partial charge >= 0.3 is 0 Å². The van der Waals surface area contributed by atoms with Crippen molar-refractivity contribution in [3.8, 4) is 0 Å². The van der Waals surface area contributed by atoms with Crippen molar-refractivity contribution in [3.63, 3.8) is 0 Å². The van der Waals surface area contributed by atoms with Gasteiger partial charge in [0.1, 0.15) is 0 Å². The molecule has 0 unspecified atom stereocenters. The van der Waals surface area contributed by atoms with E-state index in [0.717, 1.165) is 21.3 Å². The van der Waals surface area contributed by atoms with E-state index in [1.807, 2.05) is 13.8 Å². The molecule has 0 aromatic carbocycles. The van der Waals surface area contributed by atoms with Crippen LogP contribution in [0, 0.1) is 6.92 Å². The third kappa shape index (κ3) is 3.86. The molecule has 0 saturated carbocycles. The predicted octanol–water partition coefficient (Wildman–Crippen LogP) is 2.10. The van der Waals surface area contributed by atoms with Gasteiger partial charge in [-0.2, -0.15) is 0 Å². The normalized spacial score (nSPS) is 11.9. The number of aryl methyl sites for hydroxylation is 1. The summed E-state index contributed by atoms with van der Waals surface area (Å²) in [6, 6.07) is 1.65. The SMILES string of the molecule is CCNCc1sccc1S(=O)(=O)NCc1cnc(C)s1. The first-order valence-electron chi connectivity index (χ1n) is 6.21. The minimum atomic E-state index is -3.47. The summed E-state index contributed by atoms with van der Waals surface area (Å²) in [4.78, 5) is 6.22. The van der Waals surface area contributed by atoms with Crippen molar-refractivity contribution in [2.75, 3.05) is 6.54 Å². The third-order valence-electron chi connectivity index (χ3n) is 2.64. The number of nitrogens with one attached hydrogen (secondary N) is 2. The fraction of sp³-hybridized carbons (Fsp3) is 0.417. The van der Waals surface area contributed by atoms with Crippen LogP contribution in [0.15, 0.2) is 22.5 Å². The fourth-order valence-corrected chi connectivity index (χ4v) is 4.91. The van der Waals surface area contributed by atoms with Crippen LogP contribution in [-0.2, 0) is 23.1 Å². The van der Waals surface area contributed by atoms with Gasteiger partial charge in [0.2, 0.25) is 10.0 Å². The first-order chi connectivity index (χ1) is 9.53. The van der Waals surface area contributed by atoms with Crippen LogP contribution >= 0.6 is 22.7 Å². The Hall–Kier alpha value is -0.800. The first kappa shape index (κ1) is 15.6. The Morgan fingerprint density at radius 3 is 2.80 bits per heavy atom. The molecule has 0 aliphatic carbocycles. The Kier molecular flexibility index (Phi) is 5.28. The van der Waals surface area contributed by atoms with E-state index in [1.54, 1.807) is 17.6 Å². The lowest BCUT2D eigenvalue weighted by atomic mass is 10.4. The number of thiophene rings is 1. The summed E-state index contributed by atoms with van der Waals surface area (Å²) < 4.78 is 27.2. The maximum atomic E-state index is 12.3. The van der Waals surface area contributed by atoms with Gasteiger partial charge in [0.25, 0.3) is 0 Å². The quantitative estimate of drug-likeness (QED) is 0.815. The Labute approximate surface area is 127 Å². The van der Waals surface area contributed by atoms with Gasteiger partial charge in [-0.1, -0.05) is 6.92 Å². The third-order valence-corrected chi connectivity index (χ3v) is 6.08. The van der Waals surface area contributed by atoms with Crippen molar-refractivity contribution in [3.05, 3.63) is 32.4 Å². The van der Waals surface area contributed by atoms with Gasteiger partial charge in [-0.15, -0.1) is 22.7 Å². The topological polar surface area (TPSA) is 71.1 Å². The highest BCUT2D eigenvalue weighted by Gasteiger charge is 2.19. The van der Waals surface area contributed by atoms with E-state index in [4.69, 9.17) is 0 Å². The van der Waals surface area contributed by atoms with Gasteiger partial charge in [-0.3, -0.25) is 0 Å². The zero-order chi connectivity index (χ0) is 14.6. The van der Waals surface area contributed by atoms with Crippen molar-refractivity contribution < 1.29 is 8.42 Å². The number of hydrogen-bond acceptors (Lipinski definition) is 6. The van der Waals surface area contributed by atoms with Crippen molar-refractivity contribution >= 4 is 32.7 Å². The van der Waals surface area contributed by atoms with Crippen LogP contribution in [0.4, 0.5) is 0 Å². The van der Waals surface area contributed by atoms with Crippen molar-refractivity contribution in [1.82, 2.24) is 15.0 Å². The molecule has 5 nitrogen and oxygen atoms in total. The standard InChI is InChI=1S/C12H17N3O2S3/c1-3-13-8-11-12(4-5-18-11)20(16,17)15-7-10-6-14-9(2)19-10/h4-6,13,15H,3,7-8H2,1-2H3. The van der Waals surface area contributed by atoms with E-state index in [1.165, 1.54) is 22.7 Å². The van der Waals surface area contributed by atoms with Crippen LogP contribution in [0.5, 0.6) is 0 Å². The largest absolute Gasteiger partial charge is 0.312 e. The number of thiazole rings is 1. The number of sulfonamides is 1. The fourth-order valence-electron chi connectivity index (χ4n) is 1.67. The average Bonchev–Trinajstić information content (AvgIpc) is 3.03. The molecule has 110 valence electrons. The van der Waals surface area contributed by atoms with Gasteiger partial charge in [-0.05, 0) is 24.9 Å². The molecule has 0 saturated heterocycles. The Balaban J connectivity index is 2.08. The van der Waals surface area contributed by atoms with Gasteiger partial charge in [-0.25, -0.2) is 18.1 Å². The van der Waals surface area contributed by atoms with Crippen molar-refractivity contribution in [2.24, 2.45) is 0 Å². The van der Waals surface area contributed by atoms with Crippen molar-refractivity contribution in [1.29, 1.82) is 0 Å². The molecule has 8 heteroatoms. The molecular formula is C12H17N3O2S3. The lowest BCUT2D eigenvalue weighted by molar-refractivity contribution is 0.580. The van der Waals surface area contributed by atoms with Crippen molar-refractivity contribution in [2.45, 2.75) is 31.8 Å². The molecule has 0 radical (unpaired) electrons. The number of rotatable bonds is 7. The minimum Gasteiger partial charge on any atom is -0.312 e. The molecule has 0 amide bonds. The van der Waals surface area contributed by atoms with Gasteiger partial charge in [0.05, 0.1) is 9.90 Å². The number of nitrogens with zero attached hydrogens (tertiary/aromatic N) is 1. The molecule has 2 N–H and O–H groups in total. The van der Waals surface area contributed by atoms with E-state index in [-0.39, 0.29) is 6.54 Å². The maximum absolute atomic E-state index is 12.3. The molecule has 2 aromatic heterocycles. The lowest BCUT2D eigenvalue weighted by Gasteiger charge is -2.07.